The maximum Gasteiger partial charge on any atom is 0.331 e. The van der Waals surface area contributed by atoms with E-state index in [1.54, 1.807) is 28.0 Å². The predicted molar refractivity (Wildman–Crippen MR) is 140 cm³/mol. The van der Waals surface area contributed by atoms with E-state index in [0.29, 0.717) is 23.0 Å². The van der Waals surface area contributed by atoms with E-state index in [2.05, 4.69) is 10.6 Å². The number of rotatable bonds is 7. The quantitative estimate of drug-likeness (QED) is 0.506. The van der Waals surface area contributed by atoms with Crippen LogP contribution in [-0.4, -0.2) is 49.6 Å². The van der Waals surface area contributed by atoms with Gasteiger partial charge in [-0.05, 0) is 87.8 Å². The third-order valence-electron chi connectivity index (χ3n) is 7.17. The monoisotopic (exact) mass is 495 g/mol. The number of aryl methyl sites for hydroxylation is 1. The number of carbonyl (C=O) groups excluding carboxylic acids is 3. The molecule has 1 fully saturated rings. The van der Waals surface area contributed by atoms with Gasteiger partial charge in [0, 0.05) is 18.7 Å². The number of carbonyl (C=O) groups is 3. The number of amides is 3. The number of urea groups is 1. The van der Waals surface area contributed by atoms with Crippen LogP contribution in [0, 0.1) is 12.8 Å². The molecule has 3 rings (SSSR count). The van der Waals surface area contributed by atoms with Crippen molar-refractivity contribution in [2.24, 2.45) is 5.92 Å². The number of nitrogens with zero attached hydrogens (tertiary/aromatic N) is 1. The first-order valence-corrected chi connectivity index (χ1v) is 12.3. The van der Waals surface area contributed by atoms with Crippen molar-refractivity contribution in [2.75, 3.05) is 31.9 Å². The van der Waals surface area contributed by atoms with E-state index in [1.807, 2.05) is 49.4 Å². The SMILES string of the molecule is COC(=O)C(C)(C)N(C)C(=O)[C@H]1CC[C@H](c2ccc(NC(=O)Nc3cc(C)ccc3OC)cc2)CC1. The number of anilines is 2. The maximum absolute atomic E-state index is 13.0. The van der Waals surface area contributed by atoms with Gasteiger partial charge in [0.2, 0.25) is 5.91 Å². The molecular formula is C28H37N3O5. The average Bonchev–Trinajstić information content (AvgIpc) is 2.88. The van der Waals surface area contributed by atoms with E-state index in [-0.39, 0.29) is 17.9 Å². The lowest BCUT2D eigenvalue weighted by atomic mass is 9.78. The maximum atomic E-state index is 13.0. The van der Waals surface area contributed by atoms with Gasteiger partial charge in [0.05, 0.1) is 19.9 Å². The largest absolute Gasteiger partial charge is 0.495 e. The Morgan fingerprint density at radius 3 is 2.17 bits per heavy atom. The second kappa shape index (κ2) is 11.5. The zero-order valence-corrected chi connectivity index (χ0v) is 22.0. The number of esters is 1. The first-order valence-electron chi connectivity index (χ1n) is 12.3. The lowest BCUT2D eigenvalue weighted by molar-refractivity contribution is -0.160. The number of methoxy groups -OCH3 is 2. The molecule has 2 N–H and O–H groups in total. The molecule has 0 saturated heterocycles. The third-order valence-corrected chi connectivity index (χ3v) is 7.17. The smallest absolute Gasteiger partial charge is 0.331 e. The van der Waals surface area contributed by atoms with Crippen LogP contribution in [0.25, 0.3) is 0 Å². The van der Waals surface area contributed by atoms with Crippen molar-refractivity contribution in [3.63, 3.8) is 0 Å². The molecule has 1 saturated carbocycles. The summed E-state index contributed by atoms with van der Waals surface area (Å²) < 4.78 is 10.2. The summed E-state index contributed by atoms with van der Waals surface area (Å²) in [4.78, 5) is 39.1. The molecule has 1 aliphatic carbocycles. The Morgan fingerprint density at radius 1 is 0.944 bits per heavy atom. The minimum absolute atomic E-state index is 0.0142. The standard InChI is InChI=1S/C28H37N3O5/c1-18-7-16-24(35-5)23(17-18)30-27(34)29-22-14-12-20(13-15-22)19-8-10-21(11-9-19)25(32)31(4)28(2,3)26(33)36-6/h7,12-17,19,21H,8-11H2,1-6H3,(H2,29,30,34)/t19-,21-. The van der Waals surface area contributed by atoms with Gasteiger partial charge in [-0.2, -0.15) is 0 Å². The fourth-order valence-corrected chi connectivity index (χ4v) is 4.65. The zero-order valence-electron chi connectivity index (χ0n) is 22.0. The third kappa shape index (κ3) is 6.17. The Hall–Kier alpha value is -3.55. The molecule has 0 aromatic heterocycles. The lowest BCUT2D eigenvalue weighted by Gasteiger charge is -2.37. The van der Waals surface area contributed by atoms with Crippen molar-refractivity contribution >= 4 is 29.3 Å². The Kier molecular flexibility index (Phi) is 8.61. The number of ether oxygens (including phenoxy) is 2. The fraction of sp³-hybridized carbons (Fsp3) is 0.464. The topological polar surface area (TPSA) is 97.0 Å². The van der Waals surface area contributed by atoms with Gasteiger partial charge in [0.25, 0.3) is 0 Å². The van der Waals surface area contributed by atoms with Crippen LogP contribution >= 0.6 is 0 Å². The van der Waals surface area contributed by atoms with Gasteiger partial charge in [-0.15, -0.1) is 0 Å². The molecule has 3 amide bonds. The van der Waals surface area contributed by atoms with Crippen LogP contribution < -0.4 is 15.4 Å². The first-order chi connectivity index (χ1) is 17.1. The fourth-order valence-electron chi connectivity index (χ4n) is 4.65. The second-order valence-corrected chi connectivity index (χ2v) is 9.90. The van der Waals surface area contributed by atoms with Gasteiger partial charge in [-0.3, -0.25) is 4.79 Å². The summed E-state index contributed by atoms with van der Waals surface area (Å²) in [5.41, 5.74) is 2.51. The van der Waals surface area contributed by atoms with Crippen molar-refractivity contribution in [3.05, 3.63) is 53.6 Å². The van der Waals surface area contributed by atoms with Crippen LogP contribution in [0.4, 0.5) is 16.2 Å². The van der Waals surface area contributed by atoms with Gasteiger partial charge >= 0.3 is 12.0 Å². The summed E-state index contributed by atoms with van der Waals surface area (Å²) in [7, 11) is 4.57. The minimum atomic E-state index is -0.998. The molecular weight excluding hydrogens is 458 g/mol. The summed E-state index contributed by atoms with van der Waals surface area (Å²) >= 11 is 0. The Balaban J connectivity index is 1.54. The van der Waals surface area contributed by atoms with Crippen LogP contribution in [-0.2, 0) is 14.3 Å². The number of hydrogen-bond donors (Lipinski definition) is 2. The highest BCUT2D eigenvalue weighted by Crippen LogP contribution is 2.37. The molecule has 8 heteroatoms. The van der Waals surface area contributed by atoms with Crippen LogP contribution in [0.2, 0.25) is 0 Å². The van der Waals surface area contributed by atoms with Crippen LogP contribution in [0.15, 0.2) is 42.5 Å². The number of hydrogen-bond acceptors (Lipinski definition) is 5. The van der Waals surface area contributed by atoms with E-state index in [4.69, 9.17) is 9.47 Å². The van der Waals surface area contributed by atoms with Gasteiger partial charge in [-0.25, -0.2) is 9.59 Å². The summed E-state index contributed by atoms with van der Waals surface area (Å²) in [6.07, 6.45) is 3.32. The zero-order chi connectivity index (χ0) is 26.5. The van der Waals surface area contributed by atoms with Crippen molar-refractivity contribution in [3.8, 4) is 5.75 Å². The van der Waals surface area contributed by atoms with Crippen LogP contribution in [0.1, 0.15) is 56.6 Å². The molecule has 0 spiro atoms. The molecule has 0 radical (unpaired) electrons. The Morgan fingerprint density at radius 2 is 1.58 bits per heavy atom. The number of likely N-dealkylation sites (N-methyl/N-ethyl adjacent to an activating group) is 1. The van der Waals surface area contributed by atoms with E-state index >= 15 is 0 Å². The normalized spacial score (nSPS) is 17.6. The molecule has 0 heterocycles. The van der Waals surface area contributed by atoms with Gasteiger partial charge in [-0.1, -0.05) is 18.2 Å². The Labute approximate surface area is 213 Å². The van der Waals surface area contributed by atoms with E-state index < -0.39 is 11.5 Å². The molecule has 0 unspecified atom stereocenters. The molecule has 36 heavy (non-hydrogen) atoms. The van der Waals surface area contributed by atoms with Crippen molar-refractivity contribution in [2.45, 2.75) is 57.9 Å². The highest BCUT2D eigenvalue weighted by atomic mass is 16.5. The van der Waals surface area contributed by atoms with Crippen molar-refractivity contribution < 1.29 is 23.9 Å². The molecule has 0 bridgehead atoms. The average molecular weight is 496 g/mol. The highest BCUT2D eigenvalue weighted by molar-refractivity contribution is 6.00. The second-order valence-electron chi connectivity index (χ2n) is 9.90. The molecule has 1 aliphatic rings. The van der Waals surface area contributed by atoms with E-state index in [0.717, 1.165) is 31.2 Å². The van der Waals surface area contributed by atoms with Gasteiger partial charge in [0.15, 0.2) is 0 Å². The molecule has 8 nitrogen and oxygen atoms in total. The minimum Gasteiger partial charge on any atom is -0.495 e. The van der Waals surface area contributed by atoms with Crippen molar-refractivity contribution in [1.29, 1.82) is 0 Å². The summed E-state index contributed by atoms with van der Waals surface area (Å²) in [6.45, 7) is 5.36. The number of nitrogens with one attached hydrogen (secondary N) is 2. The van der Waals surface area contributed by atoms with E-state index in [1.165, 1.54) is 17.6 Å². The van der Waals surface area contributed by atoms with Crippen molar-refractivity contribution in [1.82, 2.24) is 4.90 Å². The van der Waals surface area contributed by atoms with E-state index in [9.17, 15) is 14.4 Å². The van der Waals surface area contributed by atoms with Gasteiger partial charge in [0.1, 0.15) is 11.3 Å². The Bertz CT molecular complexity index is 1090. The first kappa shape index (κ1) is 27.0. The summed E-state index contributed by atoms with van der Waals surface area (Å²) in [5, 5.41) is 5.69. The lowest BCUT2D eigenvalue weighted by Crippen LogP contribution is -2.53. The van der Waals surface area contributed by atoms with Crippen LogP contribution in [0.5, 0.6) is 5.75 Å². The van der Waals surface area contributed by atoms with Crippen LogP contribution in [0.3, 0.4) is 0 Å². The summed E-state index contributed by atoms with van der Waals surface area (Å²) in [6, 6.07) is 13.1. The number of benzene rings is 2. The summed E-state index contributed by atoms with van der Waals surface area (Å²) in [5.74, 6) is 0.415. The molecule has 0 atom stereocenters. The van der Waals surface area contributed by atoms with Gasteiger partial charge < -0.3 is 25.0 Å². The predicted octanol–water partition coefficient (Wildman–Crippen LogP) is 5.33. The molecule has 0 aliphatic heterocycles. The molecule has 2 aromatic rings. The molecule has 194 valence electrons. The molecule has 2 aromatic carbocycles. The highest BCUT2D eigenvalue weighted by Gasteiger charge is 2.39.